The minimum atomic E-state index is -0.463. The molecule has 0 saturated carbocycles. The van der Waals surface area contributed by atoms with Crippen molar-refractivity contribution in [3.63, 3.8) is 0 Å². The van der Waals surface area contributed by atoms with Crippen LogP contribution in [0.1, 0.15) is 11.1 Å². The summed E-state index contributed by atoms with van der Waals surface area (Å²) in [4.78, 5) is 14.5. The van der Waals surface area contributed by atoms with E-state index in [9.17, 15) is 10.1 Å². The highest BCUT2D eigenvalue weighted by Gasteiger charge is 2.19. The first-order valence-corrected chi connectivity index (χ1v) is 5.61. The van der Waals surface area contributed by atoms with Gasteiger partial charge in [-0.3, -0.25) is 15.1 Å². The average molecular weight is 259 g/mol. The molecule has 2 N–H and O–H groups in total. The van der Waals surface area contributed by atoms with Crippen LogP contribution >= 0.6 is 0 Å². The molecule has 0 aliphatic rings. The largest absolute Gasteiger partial charge is 0.448 e. The fourth-order valence-electron chi connectivity index (χ4n) is 1.81. The van der Waals surface area contributed by atoms with Gasteiger partial charge in [-0.15, -0.1) is 0 Å². The molecule has 0 aliphatic carbocycles. The van der Waals surface area contributed by atoms with Crippen molar-refractivity contribution in [1.29, 1.82) is 0 Å². The summed E-state index contributed by atoms with van der Waals surface area (Å²) in [6.07, 6.45) is 2.93. The first-order valence-electron chi connectivity index (χ1n) is 5.61. The zero-order chi connectivity index (χ0) is 14.0. The molecule has 0 bridgehead atoms. The fourth-order valence-corrected chi connectivity index (χ4v) is 1.81. The van der Waals surface area contributed by atoms with Gasteiger partial charge in [0.1, 0.15) is 5.75 Å². The summed E-state index contributed by atoms with van der Waals surface area (Å²) >= 11 is 0. The number of rotatable bonds is 3. The van der Waals surface area contributed by atoms with Gasteiger partial charge in [-0.25, -0.2) is 0 Å². The molecule has 1 aromatic heterocycles. The molecule has 0 spiro atoms. The quantitative estimate of drug-likeness (QED) is 0.675. The van der Waals surface area contributed by atoms with Gasteiger partial charge in [-0.05, 0) is 25.0 Å². The Labute approximate surface area is 110 Å². The molecule has 1 heterocycles. The number of nitrogens with two attached hydrogens (primary N) is 1. The lowest BCUT2D eigenvalue weighted by atomic mass is 10.1. The van der Waals surface area contributed by atoms with Crippen LogP contribution in [-0.2, 0) is 0 Å². The van der Waals surface area contributed by atoms with E-state index in [0.717, 1.165) is 5.56 Å². The summed E-state index contributed by atoms with van der Waals surface area (Å²) in [5.74, 6) is 0.582. The van der Waals surface area contributed by atoms with Crippen LogP contribution in [0.4, 0.5) is 11.4 Å². The Morgan fingerprint density at radius 3 is 2.63 bits per heavy atom. The van der Waals surface area contributed by atoms with Crippen LogP contribution in [0.25, 0.3) is 0 Å². The highest BCUT2D eigenvalue weighted by molar-refractivity contribution is 5.55. The average Bonchev–Trinajstić information content (AvgIpc) is 2.32. The van der Waals surface area contributed by atoms with Gasteiger partial charge < -0.3 is 10.5 Å². The number of nitro groups is 1. The Morgan fingerprint density at radius 2 is 2.00 bits per heavy atom. The minimum Gasteiger partial charge on any atom is -0.448 e. The van der Waals surface area contributed by atoms with Crippen molar-refractivity contribution < 1.29 is 9.66 Å². The zero-order valence-electron chi connectivity index (χ0n) is 10.6. The number of nitro benzene ring substituents is 1. The Bertz CT molecular complexity index is 641. The van der Waals surface area contributed by atoms with E-state index in [2.05, 4.69) is 4.98 Å². The summed E-state index contributed by atoms with van der Waals surface area (Å²) in [5.41, 5.74) is 7.46. The maximum Gasteiger partial charge on any atom is 0.312 e. The molecule has 0 amide bonds. The lowest BCUT2D eigenvalue weighted by Gasteiger charge is -2.10. The summed E-state index contributed by atoms with van der Waals surface area (Å²) in [6, 6.07) is 4.86. The van der Waals surface area contributed by atoms with E-state index < -0.39 is 4.92 Å². The monoisotopic (exact) mass is 259 g/mol. The molecule has 1 aromatic carbocycles. The van der Waals surface area contributed by atoms with Gasteiger partial charge in [-0.2, -0.15) is 0 Å². The van der Waals surface area contributed by atoms with Gasteiger partial charge in [0.25, 0.3) is 0 Å². The lowest BCUT2D eigenvalue weighted by Crippen LogP contribution is -1.97. The van der Waals surface area contributed by atoms with Crippen LogP contribution in [0.15, 0.2) is 30.6 Å². The predicted molar refractivity (Wildman–Crippen MR) is 71.3 cm³/mol. The third kappa shape index (κ3) is 2.79. The number of aromatic nitrogens is 1. The standard InChI is InChI=1S/C13H13N3O3/c1-8-3-9(2)13(12(4-8)16(17)18)19-11-5-10(14)6-15-7-11/h3-7H,14H2,1-2H3. The van der Waals surface area contributed by atoms with Crippen molar-refractivity contribution in [2.45, 2.75) is 13.8 Å². The van der Waals surface area contributed by atoms with Crippen molar-refractivity contribution in [2.75, 3.05) is 5.73 Å². The SMILES string of the molecule is Cc1cc(C)c(Oc2cncc(N)c2)c([N+](=O)[O-])c1. The maximum atomic E-state index is 11.1. The number of benzene rings is 1. The zero-order valence-corrected chi connectivity index (χ0v) is 10.6. The molecule has 0 saturated heterocycles. The Kier molecular flexibility index (Phi) is 3.33. The summed E-state index contributed by atoms with van der Waals surface area (Å²) in [7, 11) is 0. The maximum absolute atomic E-state index is 11.1. The highest BCUT2D eigenvalue weighted by Crippen LogP contribution is 2.35. The number of hydrogen-bond acceptors (Lipinski definition) is 5. The first kappa shape index (κ1) is 12.8. The second-order valence-corrected chi connectivity index (χ2v) is 4.24. The first-order chi connectivity index (χ1) is 8.97. The summed E-state index contributed by atoms with van der Waals surface area (Å²) in [6.45, 7) is 3.56. The molecule has 0 radical (unpaired) electrons. The smallest absolute Gasteiger partial charge is 0.312 e. The van der Waals surface area contributed by atoms with E-state index >= 15 is 0 Å². The second-order valence-electron chi connectivity index (χ2n) is 4.24. The molecule has 0 aliphatic heterocycles. The van der Waals surface area contributed by atoms with Gasteiger partial charge in [0.05, 0.1) is 23.0 Å². The third-order valence-corrected chi connectivity index (χ3v) is 2.55. The summed E-state index contributed by atoms with van der Waals surface area (Å²) in [5, 5.41) is 11.1. The van der Waals surface area contributed by atoms with Crippen LogP contribution in [-0.4, -0.2) is 9.91 Å². The van der Waals surface area contributed by atoms with E-state index in [1.165, 1.54) is 18.5 Å². The van der Waals surface area contributed by atoms with Crippen LogP contribution in [0.2, 0.25) is 0 Å². The second kappa shape index (κ2) is 4.93. The fraction of sp³-hybridized carbons (Fsp3) is 0.154. The number of aryl methyl sites for hydroxylation is 2. The van der Waals surface area contributed by atoms with Gasteiger partial charge in [0, 0.05) is 12.1 Å². The van der Waals surface area contributed by atoms with Gasteiger partial charge in [0.15, 0.2) is 0 Å². The number of pyridine rings is 1. The van der Waals surface area contributed by atoms with Crippen LogP contribution in [0.5, 0.6) is 11.5 Å². The van der Waals surface area contributed by atoms with Crippen molar-refractivity contribution in [1.82, 2.24) is 4.98 Å². The summed E-state index contributed by atoms with van der Waals surface area (Å²) < 4.78 is 5.55. The Balaban J connectivity index is 2.47. The van der Waals surface area contributed by atoms with E-state index in [-0.39, 0.29) is 11.4 Å². The normalized spacial score (nSPS) is 10.2. The lowest BCUT2D eigenvalue weighted by molar-refractivity contribution is -0.385. The third-order valence-electron chi connectivity index (χ3n) is 2.55. The topological polar surface area (TPSA) is 91.3 Å². The molecule has 0 fully saturated rings. The molecule has 19 heavy (non-hydrogen) atoms. The van der Waals surface area contributed by atoms with Crippen LogP contribution < -0.4 is 10.5 Å². The Hall–Kier alpha value is -2.63. The minimum absolute atomic E-state index is 0.0695. The molecule has 2 rings (SSSR count). The number of nitrogen functional groups attached to an aromatic ring is 1. The molecular formula is C13H13N3O3. The van der Waals surface area contributed by atoms with E-state index in [4.69, 9.17) is 10.5 Å². The van der Waals surface area contributed by atoms with Gasteiger partial charge in [0.2, 0.25) is 5.75 Å². The molecule has 2 aromatic rings. The van der Waals surface area contributed by atoms with Crippen LogP contribution in [0, 0.1) is 24.0 Å². The molecular weight excluding hydrogens is 246 g/mol. The van der Waals surface area contributed by atoms with Crippen LogP contribution in [0.3, 0.4) is 0 Å². The molecule has 0 atom stereocenters. The molecule has 6 heteroatoms. The van der Waals surface area contributed by atoms with E-state index in [0.29, 0.717) is 17.0 Å². The molecule has 6 nitrogen and oxygen atoms in total. The van der Waals surface area contributed by atoms with E-state index in [1.54, 1.807) is 19.9 Å². The molecule has 0 unspecified atom stereocenters. The number of anilines is 1. The van der Waals surface area contributed by atoms with Crippen molar-refractivity contribution in [3.05, 3.63) is 51.8 Å². The van der Waals surface area contributed by atoms with Crippen molar-refractivity contribution in [2.24, 2.45) is 0 Å². The predicted octanol–water partition coefficient (Wildman–Crippen LogP) is 2.98. The van der Waals surface area contributed by atoms with Crippen molar-refractivity contribution in [3.8, 4) is 11.5 Å². The number of hydrogen-bond donors (Lipinski definition) is 1. The Morgan fingerprint density at radius 1 is 1.26 bits per heavy atom. The van der Waals surface area contributed by atoms with Gasteiger partial charge >= 0.3 is 5.69 Å². The van der Waals surface area contributed by atoms with Gasteiger partial charge in [-0.1, -0.05) is 6.07 Å². The molecule has 98 valence electrons. The number of ether oxygens (including phenoxy) is 1. The van der Waals surface area contributed by atoms with Crippen molar-refractivity contribution >= 4 is 11.4 Å². The highest BCUT2D eigenvalue weighted by atomic mass is 16.6. The van der Waals surface area contributed by atoms with E-state index in [1.807, 2.05) is 6.07 Å². The number of nitrogens with zero attached hydrogens (tertiary/aromatic N) is 2.